The Morgan fingerprint density at radius 3 is 2.85 bits per heavy atom. The van der Waals surface area contributed by atoms with E-state index < -0.39 is 0 Å². The van der Waals surface area contributed by atoms with Gasteiger partial charge in [0.25, 0.3) is 0 Å². The molecule has 0 aliphatic carbocycles. The minimum Gasteiger partial charge on any atom is -0.492 e. The minimum atomic E-state index is -0.390. The smallest absolute Gasteiger partial charge is 0.341 e. The Balaban J connectivity index is 2.28. The van der Waals surface area contributed by atoms with E-state index in [2.05, 4.69) is 5.10 Å². The molecule has 0 fully saturated rings. The molecule has 2 N–H and O–H groups in total. The van der Waals surface area contributed by atoms with E-state index in [1.54, 1.807) is 36.0 Å². The highest BCUT2D eigenvalue weighted by molar-refractivity contribution is 5.88. The van der Waals surface area contributed by atoms with Crippen LogP contribution < -0.4 is 10.5 Å². The van der Waals surface area contributed by atoms with Gasteiger partial charge in [0.15, 0.2) is 0 Å². The summed E-state index contributed by atoms with van der Waals surface area (Å²) in [4.78, 5) is 11.6. The van der Waals surface area contributed by atoms with Crippen LogP contribution in [0.2, 0.25) is 0 Å². The maximum absolute atomic E-state index is 11.6. The van der Waals surface area contributed by atoms with Crippen molar-refractivity contribution in [2.24, 2.45) is 0 Å². The first-order valence-corrected chi connectivity index (χ1v) is 6.40. The van der Waals surface area contributed by atoms with Crippen LogP contribution in [0.3, 0.4) is 0 Å². The SMILES string of the molecule is CCOC(=O)c1cnn(-c2ccc(N)c(OCC)c2)c1. The lowest BCUT2D eigenvalue weighted by Crippen LogP contribution is -2.03. The molecule has 0 aliphatic heterocycles. The summed E-state index contributed by atoms with van der Waals surface area (Å²) in [5, 5.41) is 4.14. The molecule has 0 spiro atoms. The van der Waals surface area contributed by atoms with E-state index in [0.717, 1.165) is 5.69 Å². The van der Waals surface area contributed by atoms with Gasteiger partial charge in [0.2, 0.25) is 0 Å². The second-order valence-electron chi connectivity index (χ2n) is 4.05. The monoisotopic (exact) mass is 275 g/mol. The normalized spacial score (nSPS) is 10.3. The second-order valence-corrected chi connectivity index (χ2v) is 4.05. The number of anilines is 1. The van der Waals surface area contributed by atoms with Crippen molar-refractivity contribution in [2.75, 3.05) is 18.9 Å². The van der Waals surface area contributed by atoms with Crippen LogP contribution in [0.1, 0.15) is 24.2 Å². The fourth-order valence-electron chi connectivity index (χ4n) is 1.73. The number of nitrogens with two attached hydrogens (primary N) is 1. The van der Waals surface area contributed by atoms with Crippen LogP contribution in [0.5, 0.6) is 5.75 Å². The molecule has 0 aliphatic rings. The van der Waals surface area contributed by atoms with Gasteiger partial charge in [-0.2, -0.15) is 5.10 Å². The largest absolute Gasteiger partial charge is 0.492 e. The number of nitrogen functional groups attached to an aromatic ring is 1. The summed E-state index contributed by atoms with van der Waals surface area (Å²) in [6.45, 7) is 4.51. The Morgan fingerprint density at radius 1 is 1.35 bits per heavy atom. The highest BCUT2D eigenvalue weighted by Gasteiger charge is 2.11. The number of nitrogens with zero attached hydrogens (tertiary/aromatic N) is 2. The van der Waals surface area contributed by atoms with Crippen molar-refractivity contribution < 1.29 is 14.3 Å². The van der Waals surface area contributed by atoms with Crippen molar-refractivity contribution in [3.63, 3.8) is 0 Å². The lowest BCUT2D eigenvalue weighted by atomic mass is 10.2. The molecule has 0 radical (unpaired) electrons. The molecule has 1 heterocycles. The molecule has 2 rings (SSSR count). The standard InChI is InChI=1S/C14H17N3O3/c1-3-19-13-7-11(5-6-12(13)15)17-9-10(8-16-17)14(18)20-4-2/h5-9H,3-4,15H2,1-2H3. The average Bonchev–Trinajstić information content (AvgIpc) is 2.91. The van der Waals surface area contributed by atoms with Gasteiger partial charge in [0.05, 0.1) is 36.3 Å². The van der Waals surface area contributed by atoms with Gasteiger partial charge in [-0.1, -0.05) is 0 Å². The molecule has 106 valence electrons. The van der Waals surface area contributed by atoms with Crippen LogP contribution in [-0.4, -0.2) is 29.0 Å². The average molecular weight is 275 g/mol. The van der Waals surface area contributed by atoms with Crippen LogP contribution in [0.4, 0.5) is 5.69 Å². The van der Waals surface area contributed by atoms with E-state index in [4.69, 9.17) is 15.2 Å². The van der Waals surface area contributed by atoms with Crippen LogP contribution in [0.15, 0.2) is 30.6 Å². The fraction of sp³-hybridized carbons (Fsp3) is 0.286. The number of benzene rings is 1. The van der Waals surface area contributed by atoms with E-state index in [-0.39, 0.29) is 5.97 Å². The molecule has 6 heteroatoms. The van der Waals surface area contributed by atoms with Crippen molar-refractivity contribution in [2.45, 2.75) is 13.8 Å². The Labute approximate surface area is 117 Å². The molecule has 0 bridgehead atoms. The molecule has 2 aromatic rings. The number of carbonyl (C=O) groups excluding carboxylic acids is 1. The topological polar surface area (TPSA) is 79.4 Å². The zero-order valence-electron chi connectivity index (χ0n) is 11.5. The second kappa shape index (κ2) is 6.10. The van der Waals surface area contributed by atoms with E-state index in [9.17, 15) is 4.79 Å². The van der Waals surface area contributed by atoms with E-state index >= 15 is 0 Å². The quantitative estimate of drug-likeness (QED) is 0.667. The summed E-state index contributed by atoms with van der Waals surface area (Å²) >= 11 is 0. The first-order valence-electron chi connectivity index (χ1n) is 6.40. The van der Waals surface area contributed by atoms with Gasteiger partial charge in [-0.05, 0) is 26.0 Å². The first-order chi connectivity index (χ1) is 9.65. The first kappa shape index (κ1) is 13.9. The maximum atomic E-state index is 11.6. The summed E-state index contributed by atoms with van der Waals surface area (Å²) in [5.74, 6) is 0.206. The zero-order valence-corrected chi connectivity index (χ0v) is 11.5. The number of hydrogen-bond acceptors (Lipinski definition) is 5. The lowest BCUT2D eigenvalue weighted by molar-refractivity contribution is 0.0526. The van der Waals surface area contributed by atoms with Gasteiger partial charge < -0.3 is 15.2 Å². The summed E-state index contributed by atoms with van der Waals surface area (Å²) in [5.41, 5.74) is 7.55. The number of esters is 1. The van der Waals surface area contributed by atoms with Crippen molar-refractivity contribution in [1.29, 1.82) is 0 Å². The van der Waals surface area contributed by atoms with Crippen molar-refractivity contribution in [1.82, 2.24) is 9.78 Å². The number of rotatable bonds is 5. The predicted octanol–water partition coefficient (Wildman–Crippen LogP) is 2.03. The number of carbonyl (C=O) groups is 1. The van der Waals surface area contributed by atoms with Crippen LogP contribution in [0.25, 0.3) is 5.69 Å². The predicted molar refractivity (Wildman–Crippen MR) is 75.1 cm³/mol. The molecular formula is C14H17N3O3. The van der Waals surface area contributed by atoms with Crippen molar-refractivity contribution in [3.05, 3.63) is 36.2 Å². The fourth-order valence-corrected chi connectivity index (χ4v) is 1.73. The molecule has 0 unspecified atom stereocenters. The number of ether oxygens (including phenoxy) is 2. The molecule has 0 atom stereocenters. The zero-order chi connectivity index (χ0) is 14.5. The lowest BCUT2D eigenvalue weighted by Gasteiger charge is -2.09. The van der Waals surface area contributed by atoms with Gasteiger partial charge in [-0.25, -0.2) is 9.48 Å². The summed E-state index contributed by atoms with van der Waals surface area (Å²) < 4.78 is 11.9. The Morgan fingerprint density at radius 2 is 2.15 bits per heavy atom. The molecule has 6 nitrogen and oxygen atoms in total. The van der Waals surface area contributed by atoms with E-state index in [1.807, 2.05) is 6.92 Å². The van der Waals surface area contributed by atoms with Crippen LogP contribution in [0, 0.1) is 0 Å². The third-order valence-electron chi connectivity index (χ3n) is 2.66. The molecular weight excluding hydrogens is 258 g/mol. The van der Waals surface area contributed by atoms with E-state index in [0.29, 0.717) is 30.2 Å². The molecule has 1 aromatic carbocycles. The van der Waals surface area contributed by atoms with Gasteiger partial charge >= 0.3 is 5.97 Å². The summed E-state index contributed by atoms with van der Waals surface area (Å²) in [6, 6.07) is 5.33. The number of hydrogen-bond donors (Lipinski definition) is 1. The Bertz CT molecular complexity index is 607. The summed E-state index contributed by atoms with van der Waals surface area (Å²) in [6.07, 6.45) is 3.08. The van der Waals surface area contributed by atoms with Gasteiger partial charge in [-0.15, -0.1) is 0 Å². The third kappa shape index (κ3) is 2.90. The third-order valence-corrected chi connectivity index (χ3v) is 2.66. The van der Waals surface area contributed by atoms with Crippen LogP contribution >= 0.6 is 0 Å². The molecule has 20 heavy (non-hydrogen) atoms. The van der Waals surface area contributed by atoms with Crippen LogP contribution in [-0.2, 0) is 4.74 Å². The minimum absolute atomic E-state index is 0.334. The molecule has 0 amide bonds. The van der Waals surface area contributed by atoms with E-state index in [1.165, 1.54) is 6.20 Å². The summed E-state index contributed by atoms with van der Waals surface area (Å²) in [7, 11) is 0. The highest BCUT2D eigenvalue weighted by atomic mass is 16.5. The van der Waals surface area contributed by atoms with Gasteiger partial charge in [0.1, 0.15) is 5.75 Å². The molecule has 1 aromatic heterocycles. The Kier molecular flexibility index (Phi) is 4.24. The van der Waals surface area contributed by atoms with Crippen molar-refractivity contribution in [3.8, 4) is 11.4 Å². The molecule has 0 saturated heterocycles. The Hall–Kier alpha value is -2.50. The number of aromatic nitrogens is 2. The van der Waals surface area contributed by atoms with Crippen molar-refractivity contribution >= 4 is 11.7 Å². The molecule has 0 saturated carbocycles. The van der Waals surface area contributed by atoms with Gasteiger partial charge in [-0.3, -0.25) is 0 Å². The maximum Gasteiger partial charge on any atom is 0.341 e. The van der Waals surface area contributed by atoms with Gasteiger partial charge in [0, 0.05) is 12.3 Å². The highest BCUT2D eigenvalue weighted by Crippen LogP contribution is 2.24.